The molecule has 2 aromatic rings. The molecule has 0 spiro atoms. The summed E-state index contributed by atoms with van der Waals surface area (Å²) in [5.74, 6) is 0.771. The first-order valence-corrected chi connectivity index (χ1v) is 5.72. The number of hydrogen-bond donors (Lipinski definition) is 1. The number of benzene rings is 1. The van der Waals surface area contributed by atoms with E-state index in [0.29, 0.717) is 23.1 Å². The molecular weight excluding hydrogens is 238 g/mol. The monoisotopic (exact) mass is 249 g/mol. The molecule has 1 N–H and O–H groups in total. The first-order chi connectivity index (χ1) is 8.20. The third-order valence-corrected chi connectivity index (χ3v) is 2.55. The van der Waals surface area contributed by atoms with Crippen molar-refractivity contribution in [3.05, 3.63) is 47.2 Å². The van der Waals surface area contributed by atoms with Crippen molar-refractivity contribution < 1.29 is 9.21 Å². The Hall–Kier alpha value is -1.74. The molecule has 0 fully saturated rings. The molecule has 0 aliphatic rings. The first-order valence-electron chi connectivity index (χ1n) is 5.34. The number of amides is 1. The van der Waals surface area contributed by atoms with Crippen molar-refractivity contribution in [3.8, 4) is 11.3 Å². The Morgan fingerprint density at radius 1 is 1.24 bits per heavy atom. The van der Waals surface area contributed by atoms with Gasteiger partial charge in [0.05, 0.1) is 0 Å². The fourth-order valence-electron chi connectivity index (χ4n) is 1.48. The van der Waals surface area contributed by atoms with Gasteiger partial charge in [0.1, 0.15) is 5.76 Å². The molecule has 0 bridgehead atoms. The lowest BCUT2D eigenvalue weighted by atomic mass is 10.2. The third kappa shape index (κ3) is 2.68. The standard InChI is InChI=1S/C13H12ClNO2/c1-2-15-13(16)12-8-7-11(17-12)9-3-5-10(14)6-4-9/h3-8H,2H2,1H3,(H,15,16). The van der Waals surface area contributed by atoms with Crippen LogP contribution in [0.4, 0.5) is 0 Å². The highest BCUT2D eigenvalue weighted by Crippen LogP contribution is 2.23. The van der Waals surface area contributed by atoms with Crippen LogP contribution in [0.15, 0.2) is 40.8 Å². The van der Waals surface area contributed by atoms with E-state index in [4.69, 9.17) is 16.0 Å². The van der Waals surface area contributed by atoms with E-state index in [1.54, 1.807) is 24.3 Å². The van der Waals surface area contributed by atoms with Crippen LogP contribution in [0.5, 0.6) is 0 Å². The summed E-state index contributed by atoms with van der Waals surface area (Å²) >= 11 is 5.80. The van der Waals surface area contributed by atoms with Gasteiger partial charge in [-0.3, -0.25) is 4.79 Å². The summed E-state index contributed by atoms with van der Waals surface area (Å²) in [6.07, 6.45) is 0. The van der Waals surface area contributed by atoms with Crippen molar-refractivity contribution in [1.29, 1.82) is 0 Å². The highest BCUT2D eigenvalue weighted by molar-refractivity contribution is 6.30. The minimum Gasteiger partial charge on any atom is -0.451 e. The fourth-order valence-corrected chi connectivity index (χ4v) is 1.60. The molecule has 3 nitrogen and oxygen atoms in total. The summed E-state index contributed by atoms with van der Waals surface area (Å²) < 4.78 is 5.47. The Bertz CT molecular complexity index is 516. The maximum absolute atomic E-state index is 11.5. The number of hydrogen-bond acceptors (Lipinski definition) is 2. The molecule has 0 radical (unpaired) electrons. The molecule has 0 atom stereocenters. The summed E-state index contributed by atoms with van der Waals surface area (Å²) in [5, 5.41) is 3.35. The van der Waals surface area contributed by atoms with Gasteiger partial charge in [-0.25, -0.2) is 0 Å². The lowest BCUT2D eigenvalue weighted by molar-refractivity contribution is 0.0929. The molecule has 0 aliphatic heterocycles. The fraction of sp³-hybridized carbons (Fsp3) is 0.154. The van der Waals surface area contributed by atoms with Gasteiger partial charge in [0.2, 0.25) is 0 Å². The Balaban J connectivity index is 2.23. The van der Waals surface area contributed by atoms with Crippen LogP contribution >= 0.6 is 11.6 Å². The molecule has 4 heteroatoms. The Labute approximate surface area is 104 Å². The van der Waals surface area contributed by atoms with Crippen LogP contribution in [0.2, 0.25) is 5.02 Å². The second-order valence-electron chi connectivity index (χ2n) is 3.53. The van der Waals surface area contributed by atoms with Gasteiger partial charge in [-0.05, 0) is 43.3 Å². The summed E-state index contributed by atoms with van der Waals surface area (Å²) in [7, 11) is 0. The Morgan fingerprint density at radius 2 is 1.94 bits per heavy atom. The Morgan fingerprint density at radius 3 is 2.59 bits per heavy atom. The second kappa shape index (κ2) is 5.06. The van der Waals surface area contributed by atoms with Gasteiger partial charge in [-0.1, -0.05) is 11.6 Å². The topological polar surface area (TPSA) is 42.2 Å². The van der Waals surface area contributed by atoms with Crippen LogP contribution in [0.1, 0.15) is 17.5 Å². The number of nitrogens with one attached hydrogen (secondary N) is 1. The van der Waals surface area contributed by atoms with Crippen molar-refractivity contribution in [3.63, 3.8) is 0 Å². The maximum atomic E-state index is 11.5. The molecule has 2 rings (SSSR count). The van der Waals surface area contributed by atoms with Crippen molar-refractivity contribution >= 4 is 17.5 Å². The van der Waals surface area contributed by atoms with Crippen LogP contribution in [-0.4, -0.2) is 12.5 Å². The zero-order valence-corrected chi connectivity index (χ0v) is 10.1. The van der Waals surface area contributed by atoms with Gasteiger partial charge in [0, 0.05) is 17.1 Å². The van der Waals surface area contributed by atoms with Crippen molar-refractivity contribution in [2.75, 3.05) is 6.54 Å². The summed E-state index contributed by atoms with van der Waals surface area (Å²) in [4.78, 5) is 11.5. The summed E-state index contributed by atoms with van der Waals surface area (Å²) in [6, 6.07) is 10.7. The van der Waals surface area contributed by atoms with Gasteiger partial charge >= 0.3 is 0 Å². The first kappa shape index (κ1) is 11.7. The van der Waals surface area contributed by atoms with Gasteiger partial charge in [-0.15, -0.1) is 0 Å². The average Bonchev–Trinajstić information content (AvgIpc) is 2.80. The average molecular weight is 250 g/mol. The quantitative estimate of drug-likeness (QED) is 0.906. The normalized spacial score (nSPS) is 10.2. The van der Waals surface area contributed by atoms with Gasteiger partial charge in [0.15, 0.2) is 5.76 Å². The predicted octanol–water partition coefficient (Wildman–Crippen LogP) is 3.35. The van der Waals surface area contributed by atoms with E-state index in [1.165, 1.54) is 0 Å². The zero-order chi connectivity index (χ0) is 12.3. The molecule has 0 aliphatic carbocycles. The second-order valence-corrected chi connectivity index (χ2v) is 3.97. The summed E-state index contributed by atoms with van der Waals surface area (Å²) in [5.41, 5.74) is 0.893. The molecule has 17 heavy (non-hydrogen) atoms. The highest BCUT2D eigenvalue weighted by Gasteiger charge is 2.10. The van der Waals surface area contributed by atoms with Gasteiger partial charge in [0.25, 0.3) is 5.91 Å². The SMILES string of the molecule is CCNC(=O)c1ccc(-c2ccc(Cl)cc2)o1. The minimum atomic E-state index is -0.201. The van der Waals surface area contributed by atoms with Crippen molar-refractivity contribution in [2.24, 2.45) is 0 Å². The molecule has 1 aromatic carbocycles. The van der Waals surface area contributed by atoms with E-state index in [2.05, 4.69) is 5.32 Å². The van der Waals surface area contributed by atoms with Crippen LogP contribution in [0, 0.1) is 0 Å². The summed E-state index contributed by atoms with van der Waals surface area (Å²) in [6.45, 7) is 2.44. The predicted molar refractivity (Wildman–Crippen MR) is 67.2 cm³/mol. The van der Waals surface area contributed by atoms with E-state index in [1.807, 2.05) is 19.1 Å². The van der Waals surface area contributed by atoms with E-state index < -0.39 is 0 Å². The zero-order valence-electron chi connectivity index (χ0n) is 9.37. The number of carbonyl (C=O) groups excluding carboxylic acids is 1. The number of rotatable bonds is 3. The molecular formula is C13H12ClNO2. The van der Waals surface area contributed by atoms with E-state index in [9.17, 15) is 4.79 Å². The van der Waals surface area contributed by atoms with Gasteiger partial charge < -0.3 is 9.73 Å². The molecule has 0 saturated heterocycles. The third-order valence-electron chi connectivity index (χ3n) is 2.30. The van der Waals surface area contributed by atoms with Crippen LogP contribution in [0.3, 0.4) is 0 Å². The molecule has 0 unspecified atom stereocenters. The minimum absolute atomic E-state index is 0.201. The van der Waals surface area contributed by atoms with Crippen LogP contribution in [0.25, 0.3) is 11.3 Å². The molecule has 1 heterocycles. The molecule has 88 valence electrons. The largest absolute Gasteiger partial charge is 0.451 e. The lowest BCUT2D eigenvalue weighted by Gasteiger charge is -1.98. The van der Waals surface area contributed by atoms with Crippen molar-refractivity contribution in [2.45, 2.75) is 6.92 Å². The maximum Gasteiger partial charge on any atom is 0.287 e. The smallest absolute Gasteiger partial charge is 0.287 e. The molecule has 1 aromatic heterocycles. The Kier molecular flexibility index (Phi) is 3.49. The van der Waals surface area contributed by atoms with Gasteiger partial charge in [-0.2, -0.15) is 0 Å². The van der Waals surface area contributed by atoms with E-state index in [0.717, 1.165) is 5.56 Å². The number of halogens is 1. The number of carbonyl (C=O) groups is 1. The molecule has 0 saturated carbocycles. The lowest BCUT2D eigenvalue weighted by Crippen LogP contribution is -2.21. The number of furan rings is 1. The van der Waals surface area contributed by atoms with E-state index in [-0.39, 0.29) is 5.91 Å². The highest BCUT2D eigenvalue weighted by atomic mass is 35.5. The van der Waals surface area contributed by atoms with E-state index >= 15 is 0 Å². The molecule has 1 amide bonds. The van der Waals surface area contributed by atoms with Crippen LogP contribution < -0.4 is 5.32 Å². The van der Waals surface area contributed by atoms with Crippen molar-refractivity contribution in [1.82, 2.24) is 5.32 Å². The van der Waals surface area contributed by atoms with Crippen LogP contribution in [-0.2, 0) is 0 Å².